The van der Waals surface area contributed by atoms with Gasteiger partial charge < -0.3 is 19.1 Å². The van der Waals surface area contributed by atoms with E-state index in [0.717, 1.165) is 42.5 Å². The molecule has 0 saturated carbocycles. The van der Waals surface area contributed by atoms with Crippen molar-refractivity contribution in [3.8, 4) is 5.75 Å². The zero-order chi connectivity index (χ0) is 25.6. The van der Waals surface area contributed by atoms with Crippen LogP contribution in [0, 0.1) is 5.41 Å². The van der Waals surface area contributed by atoms with E-state index in [9.17, 15) is 4.79 Å². The lowest BCUT2D eigenvalue weighted by molar-refractivity contribution is -0.106. The molecule has 1 aromatic rings. The average Bonchev–Trinajstić information content (AvgIpc) is 2.76. The van der Waals surface area contributed by atoms with Crippen molar-refractivity contribution in [3.05, 3.63) is 28.2 Å². The molecule has 1 saturated heterocycles. The second-order valence-electron chi connectivity index (χ2n) is 11.7. The summed E-state index contributed by atoms with van der Waals surface area (Å²) in [6, 6.07) is 5.69. The minimum Gasteiger partial charge on any atom is -0.410 e. The van der Waals surface area contributed by atoms with Crippen molar-refractivity contribution in [2.45, 2.75) is 79.4 Å². The Morgan fingerprint density at radius 3 is 2.00 bits per heavy atom. The first-order valence-electron chi connectivity index (χ1n) is 12.5. The minimum atomic E-state index is -0.272. The molecule has 0 aromatic heterocycles. The fourth-order valence-corrected chi connectivity index (χ4v) is 4.13. The summed E-state index contributed by atoms with van der Waals surface area (Å²) >= 11 is 3.53. The molecule has 0 unspecified atom stereocenters. The predicted molar refractivity (Wildman–Crippen MR) is 142 cm³/mol. The third-order valence-corrected chi connectivity index (χ3v) is 6.75. The third kappa shape index (κ3) is 10.2. The Balaban J connectivity index is 1.86. The van der Waals surface area contributed by atoms with E-state index in [4.69, 9.17) is 14.2 Å². The molecule has 0 aliphatic carbocycles. The van der Waals surface area contributed by atoms with Gasteiger partial charge in [0.05, 0.1) is 24.4 Å². The summed E-state index contributed by atoms with van der Waals surface area (Å²) < 4.78 is 19.0. The average molecular weight is 542 g/mol. The number of aryl methyl sites for hydroxylation is 1. The highest BCUT2D eigenvalue weighted by atomic mass is 79.9. The number of amides is 1. The van der Waals surface area contributed by atoms with Gasteiger partial charge in [0.1, 0.15) is 5.75 Å². The summed E-state index contributed by atoms with van der Waals surface area (Å²) in [7, 11) is 0. The Kier molecular flexibility index (Phi) is 10.4. The monoisotopic (exact) mass is 540 g/mol. The normalized spacial score (nSPS) is 16.1. The Hall–Kier alpha value is -1.15. The van der Waals surface area contributed by atoms with E-state index in [2.05, 4.69) is 76.2 Å². The van der Waals surface area contributed by atoms with Crippen LogP contribution in [0.3, 0.4) is 0 Å². The maximum atomic E-state index is 12.7. The van der Waals surface area contributed by atoms with Crippen LogP contribution in [0.25, 0.3) is 0 Å². The lowest BCUT2D eigenvalue weighted by Gasteiger charge is -2.38. The van der Waals surface area contributed by atoms with Gasteiger partial charge in [-0.15, -0.1) is 0 Å². The van der Waals surface area contributed by atoms with Crippen LogP contribution in [-0.4, -0.2) is 73.0 Å². The third-order valence-electron chi connectivity index (χ3n) is 5.97. The molecule has 7 heteroatoms. The topological polar surface area (TPSA) is 51.2 Å². The number of hydrogen-bond donors (Lipinski definition) is 0. The zero-order valence-electron chi connectivity index (χ0n) is 22.5. The molecule has 0 bridgehead atoms. The molecule has 1 aromatic carbocycles. The van der Waals surface area contributed by atoms with Gasteiger partial charge in [-0.2, -0.15) is 0 Å². The molecule has 194 valence electrons. The fraction of sp³-hybridized carbons (Fsp3) is 0.741. The van der Waals surface area contributed by atoms with Crippen LogP contribution in [0.2, 0.25) is 0 Å². The van der Waals surface area contributed by atoms with E-state index >= 15 is 0 Å². The van der Waals surface area contributed by atoms with E-state index in [0.29, 0.717) is 32.1 Å². The number of halogens is 1. The lowest BCUT2D eigenvalue weighted by atomic mass is 9.87. The molecule has 0 radical (unpaired) electrons. The van der Waals surface area contributed by atoms with Gasteiger partial charge in [-0.3, -0.25) is 4.90 Å². The number of ether oxygens (including phenoxy) is 3. The number of piperazine rings is 1. The standard InChI is InChI=1S/C27H45BrN2O4/c1-9-21-18-22(10-11-23(21)28)34-24(31)30-16-14-29(15-17-30)13-12-27(8,19-32-25(2,3)4)20-33-26(5,6)7/h10-11,18H,9,12-17,19-20H2,1-8H3. The zero-order valence-corrected chi connectivity index (χ0v) is 24.1. The molecule has 1 heterocycles. The Bertz CT molecular complexity index is 775. The molecule has 1 fully saturated rings. The van der Waals surface area contributed by atoms with Crippen LogP contribution < -0.4 is 4.74 Å². The first-order valence-corrected chi connectivity index (χ1v) is 13.2. The summed E-state index contributed by atoms with van der Waals surface area (Å²) in [5.74, 6) is 0.598. The largest absolute Gasteiger partial charge is 0.415 e. The second kappa shape index (κ2) is 12.2. The van der Waals surface area contributed by atoms with E-state index in [-0.39, 0.29) is 22.7 Å². The maximum Gasteiger partial charge on any atom is 0.415 e. The van der Waals surface area contributed by atoms with Crippen molar-refractivity contribution in [1.29, 1.82) is 0 Å². The van der Waals surface area contributed by atoms with Gasteiger partial charge in [0.25, 0.3) is 0 Å². The molecule has 34 heavy (non-hydrogen) atoms. The van der Waals surface area contributed by atoms with Crippen LogP contribution in [0.5, 0.6) is 5.75 Å². The smallest absolute Gasteiger partial charge is 0.410 e. The highest BCUT2D eigenvalue weighted by Crippen LogP contribution is 2.28. The molecule has 1 aliphatic heterocycles. The summed E-state index contributed by atoms with van der Waals surface area (Å²) in [6.07, 6.45) is 1.58. The fourth-order valence-electron chi connectivity index (χ4n) is 3.60. The van der Waals surface area contributed by atoms with E-state index in [1.807, 2.05) is 18.2 Å². The minimum absolute atomic E-state index is 0.0742. The number of benzene rings is 1. The van der Waals surface area contributed by atoms with Gasteiger partial charge in [-0.25, -0.2) is 4.79 Å². The number of hydrogen-bond acceptors (Lipinski definition) is 5. The summed E-state index contributed by atoms with van der Waals surface area (Å²) in [5, 5.41) is 0. The van der Waals surface area contributed by atoms with Gasteiger partial charge in [-0.05, 0) is 84.7 Å². The van der Waals surface area contributed by atoms with Crippen molar-refractivity contribution in [2.24, 2.45) is 5.41 Å². The summed E-state index contributed by atoms with van der Waals surface area (Å²) in [5.41, 5.74) is 0.697. The van der Waals surface area contributed by atoms with Crippen molar-refractivity contribution in [1.82, 2.24) is 9.80 Å². The predicted octanol–water partition coefficient (Wildman–Crippen LogP) is 6.15. The first-order chi connectivity index (χ1) is 15.7. The molecular weight excluding hydrogens is 496 g/mol. The van der Waals surface area contributed by atoms with Crippen molar-refractivity contribution < 1.29 is 19.0 Å². The molecule has 0 N–H and O–H groups in total. The summed E-state index contributed by atoms with van der Waals surface area (Å²) in [6.45, 7) is 22.2. The molecule has 0 atom stereocenters. The Morgan fingerprint density at radius 2 is 1.50 bits per heavy atom. The highest BCUT2D eigenvalue weighted by Gasteiger charge is 2.31. The number of rotatable bonds is 9. The maximum absolute atomic E-state index is 12.7. The van der Waals surface area contributed by atoms with Crippen LogP contribution in [0.15, 0.2) is 22.7 Å². The van der Waals surface area contributed by atoms with Gasteiger partial charge in [-0.1, -0.05) is 29.8 Å². The SMILES string of the molecule is CCc1cc(OC(=O)N2CCN(CCC(C)(COC(C)(C)C)COC(C)(C)C)CC2)ccc1Br. The summed E-state index contributed by atoms with van der Waals surface area (Å²) in [4.78, 5) is 16.9. The number of carbonyl (C=O) groups excluding carboxylic acids is 1. The van der Waals surface area contributed by atoms with Gasteiger partial charge in [0, 0.05) is 36.1 Å². The van der Waals surface area contributed by atoms with Crippen molar-refractivity contribution >= 4 is 22.0 Å². The highest BCUT2D eigenvalue weighted by molar-refractivity contribution is 9.10. The molecule has 6 nitrogen and oxygen atoms in total. The van der Waals surface area contributed by atoms with Gasteiger partial charge >= 0.3 is 6.09 Å². The quantitative estimate of drug-likeness (QED) is 0.375. The van der Waals surface area contributed by atoms with Crippen LogP contribution in [0.4, 0.5) is 4.79 Å². The Labute approximate surface area is 215 Å². The van der Waals surface area contributed by atoms with Gasteiger partial charge in [0.15, 0.2) is 0 Å². The molecule has 2 rings (SSSR count). The lowest BCUT2D eigenvalue weighted by Crippen LogP contribution is -2.50. The number of carbonyl (C=O) groups is 1. The van der Waals surface area contributed by atoms with Crippen molar-refractivity contribution in [2.75, 3.05) is 45.9 Å². The van der Waals surface area contributed by atoms with Crippen molar-refractivity contribution in [3.63, 3.8) is 0 Å². The van der Waals surface area contributed by atoms with Crippen LogP contribution >= 0.6 is 15.9 Å². The van der Waals surface area contributed by atoms with Gasteiger partial charge in [0.2, 0.25) is 0 Å². The van der Waals surface area contributed by atoms with Crippen LogP contribution in [0.1, 0.15) is 67.4 Å². The number of nitrogens with zero attached hydrogens (tertiary/aromatic N) is 2. The molecule has 1 aliphatic rings. The molecule has 1 amide bonds. The second-order valence-corrected chi connectivity index (χ2v) is 12.5. The van der Waals surface area contributed by atoms with E-state index in [1.54, 1.807) is 4.90 Å². The Morgan fingerprint density at radius 1 is 0.941 bits per heavy atom. The molecular formula is C27H45BrN2O4. The molecule has 0 spiro atoms. The van der Waals surface area contributed by atoms with E-state index in [1.165, 1.54) is 0 Å². The van der Waals surface area contributed by atoms with Crippen LogP contribution in [-0.2, 0) is 15.9 Å². The van der Waals surface area contributed by atoms with E-state index < -0.39 is 0 Å². The first kappa shape index (κ1) is 29.1.